The predicted octanol–water partition coefficient (Wildman–Crippen LogP) is 14.1. The molecule has 0 atom stereocenters. The van der Waals surface area contributed by atoms with Crippen LogP contribution >= 0.6 is 0 Å². The van der Waals surface area contributed by atoms with Gasteiger partial charge < -0.3 is 8.98 Å². The molecule has 0 radical (unpaired) electrons. The van der Waals surface area contributed by atoms with Gasteiger partial charge in [-0.05, 0) is 95.3 Å². The van der Waals surface area contributed by atoms with E-state index in [9.17, 15) is 0 Å². The van der Waals surface area contributed by atoms with Gasteiger partial charge in [0, 0.05) is 38.4 Å². The van der Waals surface area contributed by atoms with Crippen molar-refractivity contribution in [1.82, 2.24) is 4.57 Å². The molecule has 0 fully saturated rings. The number of rotatable bonds is 6. The summed E-state index contributed by atoms with van der Waals surface area (Å²) < 4.78 is 9.11. The number of hydrogen-bond donors (Lipinski definition) is 0. The molecule has 10 aromatic rings. The summed E-state index contributed by atoms with van der Waals surface area (Å²) in [6.45, 7) is 0. The summed E-state index contributed by atoms with van der Waals surface area (Å²) in [4.78, 5) is 10.7. The standard InChI is InChI=1S/C54H37N3O/c1-5-16-36(17-6-1)41-34-45(48-26-15-25-47(37-18-7-2-8-19-37)55-54(56-48)38-20-9-3-10-21-38)53-46-33-40(29-31-51(46)58-52(53)35-41)39-28-30-50-44(32-39)43-24-13-14-27-49(43)57(50)42-22-11-4-12-23-42/h1-14,16-24,26-35H,15,25H2. The van der Waals surface area contributed by atoms with Crippen LogP contribution in [0.3, 0.4) is 0 Å². The minimum absolute atomic E-state index is 0.695. The molecule has 0 unspecified atom stereocenters. The molecule has 0 N–H and O–H groups in total. The second-order valence-corrected chi connectivity index (χ2v) is 14.9. The van der Waals surface area contributed by atoms with Gasteiger partial charge in [-0.25, -0.2) is 9.98 Å². The molecule has 8 aromatic carbocycles. The van der Waals surface area contributed by atoms with Crippen LogP contribution in [0.2, 0.25) is 0 Å². The maximum Gasteiger partial charge on any atom is 0.160 e. The Bertz CT molecular complexity index is 3240. The molecular weight excluding hydrogens is 707 g/mol. The number of aliphatic imine (C=N–C) groups is 2. The van der Waals surface area contributed by atoms with E-state index in [1.807, 2.05) is 24.3 Å². The number of aromatic nitrogens is 1. The lowest BCUT2D eigenvalue weighted by atomic mass is 9.94. The molecule has 4 heteroatoms. The monoisotopic (exact) mass is 743 g/mol. The van der Waals surface area contributed by atoms with E-state index in [4.69, 9.17) is 14.4 Å². The number of para-hydroxylation sites is 2. The first-order valence-electron chi connectivity index (χ1n) is 19.9. The molecule has 0 spiro atoms. The van der Waals surface area contributed by atoms with Crippen LogP contribution in [0.5, 0.6) is 0 Å². The summed E-state index contributed by atoms with van der Waals surface area (Å²) in [5, 5.41) is 4.56. The van der Waals surface area contributed by atoms with Crippen molar-refractivity contribution in [1.29, 1.82) is 0 Å². The first-order valence-corrected chi connectivity index (χ1v) is 19.9. The molecule has 11 rings (SSSR count). The van der Waals surface area contributed by atoms with E-state index in [1.54, 1.807) is 0 Å². The van der Waals surface area contributed by atoms with Crippen molar-refractivity contribution in [3.8, 4) is 27.9 Å². The molecular formula is C54H37N3O. The van der Waals surface area contributed by atoms with E-state index in [1.165, 1.54) is 21.8 Å². The van der Waals surface area contributed by atoms with Gasteiger partial charge in [-0.2, -0.15) is 0 Å². The van der Waals surface area contributed by atoms with E-state index >= 15 is 0 Å². The van der Waals surface area contributed by atoms with Gasteiger partial charge in [0.15, 0.2) is 5.84 Å². The lowest BCUT2D eigenvalue weighted by Crippen LogP contribution is -2.09. The number of benzene rings is 8. The Labute approximate surface area is 336 Å². The van der Waals surface area contributed by atoms with Crippen LogP contribution in [0.15, 0.2) is 215 Å². The second kappa shape index (κ2) is 14.2. The average Bonchev–Trinajstić information content (AvgIpc) is 3.82. The molecule has 274 valence electrons. The molecule has 58 heavy (non-hydrogen) atoms. The summed E-state index contributed by atoms with van der Waals surface area (Å²) in [6, 6.07) is 68.5. The van der Waals surface area contributed by atoms with Crippen LogP contribution in [0.25, 0.3) is 77.4 Å². The van der Waals surface area contributed by atoms with E-state index < -0.39 is 0 Å². The van der Waals surface area contributed by atoms with Gasteiger partial charge in [0.05, 0.1) is 22.4 Å². The van der Waals surface area contributed by atoms with Crippen molar-refractivity contribution in [2.75, 3.05) is 0 Å². The van der Waals surface area contributed by atoms with Gasteiger partial charge >= 0.3 is 0 Å². The largest absolute Gasteiger partial charge is 0.456 e. The molecule has 2 aromatic heterocycles. The Hall–Kier alpha value is -7.56. The number of allylic oxidation sites excluding steroid dienone is 1. The number of amidine groups is 1. The Morgan fingerprint density at radius 1 is 0.431 bits per heavy atom. The SMILES string of the molecule is C1=C(c2cc(-c3ccccc3)cc3oc4ccc(-c5ccc6c(c5)c5ccccc5n6-c5ccccc5)cc4c23)N=C(c2ccccc2)N=C(c2ccccc2)CC1. The minimum atomic E-state index is 0.695. The van der Waals surface area contributed by atoms with Crippen LogP contribution in [0.4, 0.5) is 0 Å². The van der Waals surface area contributed by atoms with Crippen molar-refractivity contribution in [3.05, 3.63) is 217 Å². The molecule has 0 saturated heterocycles. The molecule has 0 bridgehead atoms. The first-order chi connectivity index (χ1) is 28.7. The van der Waals surface area contributed by atoms with Gasteiger partial charge in [0.2, 0.25) is 0 Å². The maximum atomic E-state index is 6.75. The van der Waals surface area contributed by atoms with Crippen LogP contribution in [-0.2, 0) is 0 Å². The van der Waals surface area contributed by atoms with Crippen LogP contribution in [0.1, 0.15) is 29.5 Å². The van der Waals surface area contributed by atoms with Crippen LogP contribution in [0, 0.1) is 0 Å². The fourth-order valence-corrected chi connectivity index (χ4v) is 8.53. The smallest absolute Gasteiger partial charge is 0.160 e. The Kier molecular flexibility index (Phi) is 8.25. The van der Waals surface area contributed by atoms with Gasteiger partial charge in [-0.3, -0.25) is 0 Å². The highest BCUT2D eigenvalue weighted by molar-refractivity contribution is 6.17. The third-order valence-corrected chi connectivity index (χ3v) is 11.3. The van der Waals surface area contributed by atoms with Crippen molar-refractivity contribution in [3.63, 3.8) is 0 Å². The van der Waals surface area contributed by atoms with Gasteiger partial charge in [0.1, 0.15) is 11.2 Å². The highest BCUT2D eigenvalue weighted by Crippen LogP contribution is 2.42. The molecule has 0 amide bonds. The van der Waals surface area contributed by atoms with Gasteiger partial charge in [0.25, 0.3) is 0 Å². The topological polar surface area (TPSA) is 42.8 Å². The fraction of sp³-hybridized carbons (Fsp3) is 0.0370. The third kappa shape index (κ3) is 5.94. The minimum Gasteiger partial charge on any atom is -0.456 e. The fourth-order valence-electron chi connectivity index (χ4n) is 8.53. The number of furan rings is 1. The maximum absolute atomic E-state index is 6.75. The van der Waals surface area contributed by atoms with Gasteiger partial charge in [-0.1, -0.05) is 146 Å². The number of fused-ring (bicyclic) bond motifs is 6. The zero-order valence-corrected chi connectivity index (χ0v) is 31.7. The van der Waals surface area contributed by atoms with E-state index in [0.29, 0.717) is 5.84 Å². The Morgan fingerprint density at radius 3 is 1.81 bits per heavy atom. The van der Waals surface area contributed by atoms with E-state index in [0.717, 1.165) is 90.8 Å². The van der Waals surface area contributed by atoms with Crippen molar-refractivity contribution in [2.45, 2.75) is 12.8 Å². The van der Waals surface area contributed by atoms with E-state index in [2.05, 4.69) is 181 Å². The summed E-state index contributed by atoms with van der Waals surface area (Å²) >= 11 is 0. The Morgan fingerprint density at radius 2 is 1.05 bits per heavy atom. The summed E-state index contributed by atoms with van der Waals surface area (Å²) in [7, 11) is 0. The highest BCUT2D eigenvalue weighted by atomic mass is 16.3. The average molecular weight is 744 g/mol. The first kappa shape index (κ1) is 33.8. The van der Waals surface area contributed by atoms with E-state index in [-0.39, 0.29) is 0 Å². The Balaban J connectivity index is 1.11. The summed E-state index contributed by atoms with van der Waals surface area (Å²) in [5.74, 6) is 0.695. The van der Waals surface area contributed by atoms with Crippen LogP contribution in [-0.4, -0.2) is 16.1 Å². The van der Waals surface area contributed by atoms with Gasteiger partial charge in [-0.15, -0.1) is 0 Å². The molecule has 1 aliphatic rings. The highest BCUT2D eigenvalue weighted by Gasteiger charge is 2.21. The third-order valence-electron chi connectivity index (χ3n) is 11.3. The molecule has 0 aliphatic carbocycles. The van der Waals surface area contributed by atoms with Crippen LogP contribution < -0.4 is 0 Å². The molecule has 0 saturated carbocycles. The zero-order valence-electron chi connectivity index (χ0n) is 31.7. The van der Waals surface area contributed by atoms with Crippen molar-refractivity contribution in [2.24, 2.45) is 9.98 Å². The zero-order chi connectivity index (χ0) is 38.4. The lowest BCUT2D eigenvalue weighted by Gasteiger charge is -2.15. The normalized spacial score (nSPS) is 13.3. The molecule has 3 heterocycles. The second-order valence-electron chi connectivity index (χ2n) is 14.9. The summed E-state index contributed by atoms with van der Waals surface area (Å²) in [5.41, 5.74) is 14.7. The van der Waals surface area contributed by atoms with Crippen molar-refractivity contribution < 1.29 is 4.42 Å². The quantitative estimate of drug-likeness (QED) is 0.167. The number of hydrogen-bond acceptors (Lipinski definition) is 3. The molecule has 1 aliphatic heterocycles. The predicted molar refractivity (Wildman–Crippen MR) is 242 cm³/mol. The lowest BCUT2D eigenvalue weighted by molar-refractivity contribution is 0.669. The summed E-state index contributed by atoms with van der Waals surface area (Å²) in [6.07, 6.45) is 3.87. The molecule has 4 nitrogen and oxygen atoms in total. The van der Waals surface area contributed by atoms with Crippen molar-refractivity contribution >= 4 is 61.0 Å². The number of nitrogens with zero attached hydrogens (tertiary/aromatic N) is 3.